The minimum atomic E-state index is -0.370. The third-order valence-electron chi connectivity index (χ3n) is 2.58. The zero-order valence-corrected chi connectivity index (χ0v) is 10.6. The van der Waals surface area contributed by atoms with E-state index in [9.17, 15) is 9.90 Å². The van der Waals surface area contributed by atoms with Crippen molar-refractivity contribution in [3.05, 3.63) is 54.1 Å². The second-order valence-electron chi connectivity index (χ2n) is 3.90. The van der Waals surface area contributed by atoms with Crippen molar-refractivity contribution in [3.8, 4) is 11.5 Å². The van der Waals surface area contributed by atoms with Crippen LogP contribution in [-0.2, 0) is 0 Å². The van der Waals surface area contributed by atoms with E-state index in [2.05, 4.69) is 5.32 Å². The maximum absolute atomic E-state index is 12.1. The van der Waals surface area contributed by atoms with Crippen LogP contribution in [0.5, 0.6) is 11.5 Å². The molecule has 2 rings (SSSR count). The second kappa shape index (κ2) is 5.91. The Morgan fingerprint density at radius 3 is 2.58 bits per heavy atom. The first kappa shape index (κ1) is 13.0. The number of carbonyl (C=O) groups excluding carboxylic acids is 1. The summed E-state index contributed by atoms with van der Waals surface area (Å²) in [5.41, 5.74) is 0.811. The maximum atomic E-state index is 12.1. The lowest BCUT2D eigenvalue weighted by molar-refractivity contribution is 0.102. The van der Waals surface area contributed by atoms with Crippen molar-refractivity contribution in [1.82, 2.24) is 0 Å². The molecule has 0 spiro atoms. The van der Waals surface area contributed by atoms with Crippen LogP contribution in [0, 0.1) is 0 Å². The molecule has 0 unspecified atom stereocenters. The van der Waals surface area contributed by atoms with E-state index in [1.807, 2.05) is 19.1 Å². The lowest BCUT2D eigenvalue weighted by Gasteiger charge is -2.11. The highest BCUT2D eigenvalue weighted by Crippen LogP contribution is 2.25. The van der Waals surface area contributed by atoms with Crippen LogP contribution in [0.2, 0.25) is 0 Å². The second-order valence-corrected chi connectivity index (χ2v) is 3.90. The molecule has 0 saturated carbocycles. The molecule has 2 aromatic rings. The van der Waals surface area contributed by atoms with Crippen LogP contribution in [0.15, 0.2) is 48.5 Å². The zero-order valence-electron chi connectivity index (χ0n) is 10.6. The normalized spacial score (nSPS) is 9.95. The highest BCUT2D eigenvalue weighted by molar-refractivity contribution is 6.06. The summed E-state index contributed by atoms with van der Waals surface area (Å²) >= 11 is 0. The zero-order chi connectivity index (χ0) is 13.7. The van der Waals surface area contributed by atoms with Crippen molar-refractivity contribution in [2.45, 2.75) is 6.92 Å². The molecule has 0 aliphatic rings. The Morgan fingerprint density at radius 2 is 1.84 bits per heavy atom. The molecule has 0 aliphatic carbocycles. The van der Waals surface area contributed by atoms with Gasteiger partial charge in [-0.25, -0.2) is 0 Å². The Balaban J connectivity index is 2.22. The van der Waals surface area contributed by atoms with Crippen LogP contribution in [-0.4, -0.2) is 17.6 Å². The van der Waals surface area contributed by atoms with E-state index in [0.717, 1.165) is 0 Å². The maximum Gasteiger partial charge on any atom is 0.259 e. The molecular weight excluding hydrogens is 242 g/mol. The molecule has 4 heteroatoms. The number of phenolic OH excluding ortho intramolecular Hbond substituents is 1. The molecule has 2 aromatic carbocycles. The van der Waals surface area contributed by atoms with Crippen molar-refractivity contribution >= 4 is 11.6 Å². The van der Waals surface area contributed by atoms with E-state index in [0.29, 0.717) is 18.0 Å². The lowest BCUT2D eigenvalue weighted by atomic mass is 10.2. The first-order valence-electron chi connectivity index (χ1n) is 6.03. The third-order valence-corrected chi connectivity index (χ3v) is 2.58. The Labute approximate surface area is 111 Å². The van der Waals surface area contributed by atoms with Gasteiger partial charge in [0.05, 0.1) is 17.9 Å². The van der Waals surface area contributed by atoms with Gasteiger partial charge in [-0.2, -0.15) is 0 Å². The standard InChI is InChI=1S/C15H15NO3/c1-2-19-14-10-6-4-8-12(14)16-15(18)11-7-3-5-9-13(11)17/h3-10,17H,2H2,1H3,(H,16,18). The number of hydrogen-bond donors (Lipinski definition) is 2. The van der Waals surface area contributed by atoms with Crippen LogP contribution >= 0.6 is 0 Å². The summed E-state index contributed by atoms with van der Waals surface area (Å²) in [7, 11) is 0. The minimum Gasteiger partial charge on any atom is -0.507 e. The van der Waals surface area contributed by atoms with Gasteiger partial charge in [0.15, 0.2) is 0 Å². The predicted molar refractivity (Wildman–Crippen MR) is 73.7 cm³/mol. The number of para-hydroxylation sites is 3. The Hall–Kier alpha value is -2.49. The van der Waals surface area contributed by atoms with Gasteiger partial charge in [0.1, 0.15) is 11.5 Å². The summed E-state index contributed by atoms with van der Waals surface area (Å²) in [4.78, 5) is 12.1. The average Bonchev–Trinajstić information content (AvgIpc) is 2.41. The molecule has 0 aliphatic heterocycles. The van der Waals surface area contributed by atoms with Crippen molar-refractivity contribution in [1.29, 1.82) is 0 Å². The summed E-state index contributed by atoms with van der Waals surface area (Å²) in [6, 6.07) is 13.6. The Morgan fingerprint density at radius 1 is 1.16 bits per heavy atom. The number of rotatable bonds is 4. The summed E-state index contributed by atoms with van der Waals surface area (Å²) in [5.74, 6) is 0.188. The van der Waals surface area contributed by atoms with Crippen LogP contribution in [0.3, 0.4) is 0 Å². The van der Waals surface area contributed by atoms with E-state index in [4.69, 9.17) is 4.74 Å². The number of phenols is 1. The lowest BCUT2D eigenvalue weighted by Crippen LogP contribution is -2.13. The third kappa shape index (κ3) is 3.04. The summed E-state index contributed by atoms with van der Waals surface area (Å²) in [6.45, 7) is 2.39. The van der Waals surface area contributed by atoms with E-state index in [1.54, 1.807) is 30.3 Å². The molecule has 0 bridgehead atoms. The van der Waals surface area contributed by atoms with Crippen molar-refractivity contribution in [2.75, 3.05) is 11.9 Å². The molecule has 0 radical (unpaired) electrons. The SMILES string of the molecule is CCOc1ccccc1NC(=O)c1ccccc1O. The molecule has 2 N–H and O–H groups in total. The summed E-state index contributed by atoms with van der Waals surface area (Å²) < 4.78 is 5.43. The number of carbonyl (C=O) groups is 1. The number of nitrogens with one attached hydrogen (secondary N) is 1. The van der Waals surface area contributed by atoms with E-state index >= 15 is 0 Å². The van der Waals surface area contributed by atoms with Crippen LogP contribution in [0.4, 0.5) is 5.69 Å². The minimum absolute atomic E-state index is 0.0473. The summed E-state index contributed by atoms with van der Waals surface area (Å²) in [6.07, 6.45) is 0. The first-order valence-corrected chi connectivity index (χ1v) is 6.03. The largest absolute Gasteiger partial charge is 0.507 e. The fraction of sp³-hybridized carbons (Fsp3) is 0.133. The van der Waals surface area contributed by atoms with Gasteiger partial charge in [0.25, 0.3) is 5.91 Å². The molecule has 0 aromatic heterocycles. The molecule has 0 fully saturated rings. The number of anilines is 1. The van der Waals surface area contributed by atoms with Gasteiger partial charge in [-0.1, -0.05) is 24.3 Å². The molecule has 19 heavy (non-hydrogen) atoms. The van der Waals surface area contributed by atoms with E-state index in [1.165, 1.54) is 6.07 Å². The fourth-order valence-electron chi connectivity index (χ4n) is 1.71. The van der Waals surface area contributed by atoms with Gasteiger partial charge in [0, 0.05) is 0 Å². The van der Waals surface area contributed by atoms with E-state index in [-0.39, 0.29) is 17.2 Å². The summed E-state index contributed by atoms with van der Waals surface area (Å²) in [5, 5.41) is 12.4. The van der Waals surface area contributed by atoms with Gasteiger partial charge in [-0.05, 0) is 31.2 Å². The average molecular weight is 257 g/mol. The quantitative estimate of drug-likeness (QED) is 0.885. The topological polar surface area (TPSA) is 58.6 Å². The number of benzene rings is 2. The van der Waals surface area contributed by atoms with Gasteiger partial charge in [0.2, 0.25) is 0 Å². The van der Waals surface area contributed by atoms with Crippen molar-refractivity contribution in [3.63, 3.8) is 0 Å². The van der Waals surface area contributed by atoms with Crippen LogP contribution in [0.1, 0.15) is 17.3 Å². The first-order chi connectivity index (χ1) is 9.22. The molecule has 1 amide bonds. The van der Waals surface area contributed by atoms with Crippen LogP contribution in [0.25, 0.3) is 0 Å². The molecule has 0 saturated heterocycles. The number of amides is 1. The van der Waals surface area contributed by atoms with Gasteiger partial charge in [-0.15, -0.1) is 0 Å². The van der Waals surface area contributed by atoms with Gasteiger partial charge in [-0.3, -0.25) is 4.79 Å². The van der Waals surface area contributed by atoms with Gasteiger partial charge >= 0.3 is 0 Å². The predicted octanol–water partition coefficient (Wildman–Crippen LogP) is 3.04. The van der Waals surface area contributed by atoms with E-state index < -0.39 is 0 Å². The molecule has 0 heterocycles. The highest BCUT2D eigenvalue weighted by atomic mass is 16.5. The number of ether oxygens (including phenoxy) is 1. The highest BCUT2D eigenvalue weighted by Gasteiger charge is 2.12. The Kier molecular flexibility index (Phi) is 4.03. The van der Waals surface area contributed by atoms with Crippen molar-refractivity contribution in [2.24, 2.45) is 0 Å². The molecule has 0 atom stereocenters. The Bertz CT molecular complexity index is 581. The number of aromatic hydroxyl groups is 1. The monoisotopic (exact) mass is 257 g/mol. The number of hydrogen-bond acceptors (Lipinski definition) is 3. The van der Waals surface area contributed by atoms with Crippen LogP contribution < -0.4 is 10.1 Å². The molecule has 4 nitrogen and oxygen atoms in total. The fourth-order valence-corrected chi connectivity index (χ4v) is 1.71. The molecular formula is C15H15NO3. The van der Waals surface area contributed by atoms with Crippen molar-refractivity contribution < 1.29 is 14.6 Å². The smallest absolute Gasteiger partial charge is 0.259 e. The molecule has 98 valence electrons. The van der Waals surface area contributed by atoms with Gasteiger partial charge < -0.3 is 15.2 Å².